The van der Waals surface area contributed by atoms with Crippen molar-refractivity contribution in [2.24, 2.45) is 5.73 Å². The third kappa shape index (κ3) is 2.82. The lowest BCUT2D eigenvalue weighted by Crippen LogP contribution is -2.23. The predicted octanol–water partition coefficient (Wildman–Crippen LogP) is 1.33. The average Bonchev–Trinajstić information content (AvgIpc) is 2.61. The molecule has 1 unspecified atom stereocenters. The minimum atomic E-state index is -0.132. The minimum Gasteiger partial charge on any atom is -0.377 e. The predicted molar refractivity (Wildman–Crippen MR) is 55.9 cm³/mol. The Kier molecular flexibility index (Phi) is 4.10. The topological polar surface area (TPSA) is 53.1 Å². The Balaban J connectivity index is 2.55. The Labute approximate surface area is 85.1 Å². The summed E-state index contributed by atoms with van der Waals surface area (Å²) in [7, 11) is 0. The molecular formula is C10H19N3O. The van der Waals surface area contributed by atoms with Crippen molar-refractivity contribution < 1.29 is 4.74 Å². The van der Waals surface area contributed by atoms with Crippen molar-refractivity contribution >= 4 is 0 Å². The molecule has 1 aromatic heterocycles. The van der Waals surface area contributed by atoms with E-state index in [2.05, 4.69) is 11.9 Å². The summed E-state index contributed by atoms with van der Waals surface area (Å²) in [6.45, 7) is 7.48. The van der Waals surface area contributed by atoms with Crippen molar-refractivity contribution in [1.82, 2.24) is 9.55 Å². The van der Waals surface area contributed by atoms with Gasteiger partial charge < -0.3 is 15.0 Å². The van der Waals surface area contributed by atoms with E-state index in [1.807, 2.05) is 24.6 Å². The van der Waals surface area contributed by atoms with Crippen LogP contribution < -0.4 is 5.73 Å². The zero-order valence-corrected chi connectivity index (χ0v) is 9.10. The van der Waals surface area contributed by atoms with Gasteiger partial charge in [-0.2, -0.15) is 0 Å². The molecule has 0 aliphatic rings. The van der Waals surface area contributed by atoms with Crippen LogP contribution in [-0.4, -0.2) is 22.3 Å². The van der Waals surface area contributed by atoms with Crippen LogP contribution in [0.25, 0.3) is 0 Å². The molecule has 0 saturated heterocycles. The number of aromatic nitrogens is 2. The number of nitrogens with zero attached hydrogens (tertiary/aromatic N) is 2. The maximum atomic E-state index is 5.96. The fourth-order valence-corrected chi connectivity index (χ4v) is 1.29. The van der Waals surface area contributed by atoms with E-state index >= 15 is 0 Å². The van der Waals surface area contributed by atoms with Crippen LogP contribution in [0.5, 0.6) is 0 Å². The molecule has 0 aliphatic heterocycles. The van der Waals surface area contributed by atoms with E-state index in [0.29, 0.717) is 6.61 Å². The third-order valence-electron chi connectivity index (χ3n) is 2.03. The molecule has 0 spiro atoms. The molecule has 80 valence electrons. The van der Waals surface area contributed by atoms with Gasteiger partial charge in [-0.1, -0.05) is 0 Å². The van der Waals surface area contributed by atoms with Gasteiger partial charge in [0.15, 0.2) is 0 Å². The van der Waals surface area contributed by atoms with Crippen LogP contribution in [0.4, 0.5) is 0 Å². The average molecular weight is 197 g/mol. The molecular weight excluding hydrogens is 178 g/mol. The second-order valence-electron chi connectivity index (χ2n) is 3.56. The van der Waals surface area contributed by atoms with Crippen LogP contribution in [0, 0.1) is 0 Å². The number of nitrogens with two attached hydrogens (primary N) is 1. The first-order valence-corrected chi connectivity index (χ1v) is 5.03. The molecule has 0 radical (unpaired) electrons. The molecule has 0 aromatic carbocycles. The van der Waals surface area contributed by atoms with Gasteiger partial charge in [-0.15, -0.1) is 0 Å². The van der Waals surface area contributed by atoms with Crippen molar-refractivity contribution in [2.75, 3.05) is 6.61 Å². The number of hydrogen-bond acceptors (Lipinski definition) is 3. The molecule has 0 fully saturated rings. The lowest BCUT2D eigenvalue weighted by molar-refractivity contribution is 0.0663. The van der Waals surface area contributed by atoms with Crippen molar-refractivity contribution in [1.29, 1.82) is 0 Å². The first-order valence-electron chi connectivity index (χ1n) is 5.03. The summed E-state index contributed by atoms with van der Waals surface area (Å²) in [5.74, 6) is 0.896. The van der Waals surface area contributed by atoms with Gasteiger partial charge >= 0.3 is 0 Å². The second kappa shape index (κ2) is 5.12. The molecule has 1 rings (SSSR count). The molecule has 1 atom stereocenters. The molecule has 1 heterocycles. The van der Waals surface area contributed by atoms with E-state index < -0.39 is 0 Å². The van der Waals surface area contributed by atoms with Crippen LogP contribution in [0.1, 0.15) is 32.6 Å². The highest BCUT2D eigenvalue weighted by Crippen LogP contribution is 2.09. The Bertz CT molecular complexity index is 270. The molecule has 0 bridgehead atoms. The van der Waals surface area contributed by atoms with E-state index in [-0.39, 0.29) is 12.1 Å². The summed E-state index contributed by atoms with van der Waals surface area (Å²) in [5.41, 5.74) is 5.96. The standard InChI is InChI=1S/C10H19N3O/c1-4-13-6-5-12-10(13)9(11)7-14-8(2)3/h5-6,8-9H,4,7,11H2,1-3H3. The molecule has 0 amide bonds. The summed E-state index contributed by atoms with van der Waals surface area (Å²) >= 11 is 0. The second-order valence-corrected chi connectivity index (χ2v) is 3.56. The number of aryl methyl sites for hydroxylation is 1. The molecule has 4 heteroatoms. The Morgan fingerprint density at radius 2 is 2.29 bits per heavy atom. The van der Waals surface area contributed by atoms with Crippen molar-refractivity contribution in [2.45, 2.75) is 39.5 Å². The Hall–Kier alpha value is -0.870. The largest absolute Gasteiger partial charge is 0.377 e. The number of hydrogen-bond donors (Lipinski definition) is 1. The van der Waals surface area contributed by atoms with Gasteiger partial charge in [0.2, 0.25) is 0 Å². The van der Waals surface area contributed by atoms with Crippen molar-refractivity contribution in [3.8, 4) is 0 Å². The summed E-state index contributed by atoms with van der Waals surface area (Å²) in [6.07, 6.45) is 3.92. The molecule has 1 aromatic rings. The highest BCUT2D eigenvalue weighted by Gasteiger charge is 2.12. The number of ether oxygens (including phenoxy) is 1. The normalized spacial score (nSPS) is 13.5. The monoisotopic (exact) mass is 197 g/mol. The van der Waals surface area contributed by atoms with Gasteiger partial charge in [0, 0.05) is 18.9 Å². The summed E-state index contributed by atoms with van der Waals surface area (Å²) in [4.78, 5) is 4.22. The van der Waals surface area contributed by atoms with Crippen LogP contribution in [0.15, 0.2) is 12.4 Å². The molecule has 2 N–H and O–H groups in total. The van der Waals surface area contributed by atoms with Gasteiger partial charge in [0.25, 0.3) is 0 Å². The van der Waals surface area contributed by atoms with E-state index in [1.54, 1.807) is 6.20 Å². The van der Waals surface area contributed by atoms with E-state index in [0.717, 1.165) is 12.4 Å². The van der Waals surface area contributed by atoms with Crippen LogP contribution in [0.3, 0.4) is 0 Å². The lowest BCUT2D eigenvalue weighted by atomic mass is 10.3. The van der Waals surface area contributed by atoms with Crippen LogP contribution in [-0.2, 0) is 11.3 Å². The maximum absolute atomic E-state index is 5.96. The first-order chi connectivity index (χ1) is 6.65. The summed E-state index contributed by atoms with van der Waals surface area (Å²) in [5, 5.41) is 0. The number of imidazole rings is 1. The quantitative estimate of drug-likeness (QED) is 0.774. The molecule has 4 nitrogen and oxygen atoms in total. The smallest absolute Gasteiger partial charge is 0.127 e. The van der Waals surface area contributed by atoms with Crippen molar-refractivity contribution in [3.63, 3.8) is 0 Å². The minimum absolute atomic E-state index is 0.132. The van der Waals surface area contributed by atoms with Gasteiger partial charge in [-0.25, -0.2) is 4.98 Å². The highest BCUT2D eigenvalue weighted by atomic mass is 16.5. The first kappa shape index (κ1) is 11.2. The van der Waals surface area contributed by atoms with Gasteiger partial charge in [-0.3, -0.25) is 0 Å². The van der Waals surface area contributed by atoms with E-state index in [1.165, 1.54) is 0 Å². The molecule has 14 heavy (non-hydrogen) atoms. The zero-order chi connectivity index (χ0) is 10.6. The van der Waals surface area contributed by atoms with E-state index in [9.17, 15) is 0 Å². The summed E-state index contributed by atoms with van der Waals surface area (Å²) < 4.78 is 7.48. The fourth-order valence-electron chi connectivity index (χ4n) is 1.29. The maximum Gasteiger partial charge on any atom is 0.127 e. The fraction of sp³-hybridized carbons (Fsp3) is 0.700. The molecule has 0 saturated carbocycles. The Morgan fingerprint density at radius 1 is 1.57 bits per heavy atom. The van der Waals surface area contributed by atoms with Gasteiger partial charge in [-0.05, 0) is 20.8 Å². The number of rotatable bonds is 5. The van der Waals surface area contributed by atoms with Crippen LogP contribution in [0.2, 0.25) is 0 Å². The highest BCUT2D eigenvalue weighted by molar-refractivity contribution is 4.98. The lowest BCUT2D eigenvalue weighted by Gasteiger charge is -2.14. The van der Waals surface area contributed by atoms with Crippen molar-refractivity contribution in [3.05, 3.63) is 18.2 Å². The third-order valence-corrected chi connectivity index (χ3v) is 2.03. The SMILES string of the molecule is CCn1ccnc1C(N)COC(C)C. The van der Waals surface area contributed by atoms with Crippen LogP contribution >= 0.6 is 0 Å². The zero-order valence-electron chi connectivity index (χ0n) is 9.10. The van der Waals surface area contributed by atoms with Gasteiger partial charge in [0.05, 0.1) is 18.8 Å². The van der Waals surface area contributed by atoms with Gasteiger partial charge in [0.1, 0.15) is 5.82 Å². The molecule has 0 aliphatic carbocycles. The Morgan fingerprint density at radius 3 is 2.86 bits per heavy atom. The summed E-state index contributed by atoms with van der Waals surface area (Å²) in [6, 6.07) is -0.132. The van der Waals surface area contributed by atoms with E-state index in [4.69, 9.17) is 10.5 Å².